The summed E-state index contributed by atoms with van der Waals surface area (Å²) < 4.78 is 4.16. The molecule has 0 bridgehead atoms. The fourth-order valence-electron chi connectivity index (χ4n) is 3.37. The van der Waals surface area contributed by atoms with Crippen molar-refractivity contribution in [2.45, 2.75) is 0 Å². The second-order valence-electron chi connectivity index (χ2n) is 6.31. The van der Waals surface area contributed by atoms with Crippen LogP contribution in [0.25, 0.3) is 15.9 Å². The molecular weight excluding hydrogens is 350 g/mol. The molecule has 4 aromatic rings. The molecule has 0 saturated carbocycles. The lowest BCUT2D eigenvalue weighted by atomic mass is 10.3. The van der Waals surface area contributed by atoms with E-state index in [4.69, 9.17) is 4.98 Å². The van der Waals surface area contributed by atoms with Gasteiger partial charge < -0.3 is 9.80 Å². The second kappa shape index (κ2) is 5.80. The molecule has 0 spiro atoms. The maximum atomic E-state index is 12.5. The van der Waals surface area contributed by atoms with E-state index >= 15 is 0 Å². The Hall–Kier alpha value is -2.94. The Labute approximate surface area is 152 Å². The number of hydrogen-bond acceptors (Lipinski definition) is 7. The van der Waals surface area contributed by atoms with E-state index in [0.717, 1.165) is 49.1 Å². The minimum absolute atomic E-state index is 0.0228. The molecule has 1 saturated heterocycles. The van der Waals surface area contributed by atoms with E-state index in [2.05, 4.69) is 19.9 Å². The predicted molar refractivity (Wildman–Crippen MR) is 102 cm³/mol. The maximum Gasteiger partial charge on any atom is 0.272 e. The largest absolute Gasteiger partial charge is 0.352 e. The number of nitrogens with zero attached hydrogens (tertiary/aromatic N) is 7. The van der Waals surface area contributed by atoms with Crippen LogP contribution in [0.4, 0.5) is 11.8 Å². The lowest BCUT2D eigenvalue weighted by Crippen LogP contribution is -2.48. The van der Waals surface area contributed by atoms with Gasteiger partial charge in [-0.05, 0) is 23.6 Å². The van der Waals surface area contributed by atoms with Gasteiger partial charge in [0.2, 0.25) is 5.95 Å². The van der Waals surface area contributed by atoms with Crippen LogP contribution >= 0.6 is 11.3 Å². The monoisotopic (exact) mass is 367 g/mol. The molecule has 0 N–H and O–H groups in total. The van der Waals surface area contributed by atoms with Gasteiger partial charge in [0.1, 0.15) is 10.5 Å². The average molecular weight is 367 g/mol. The summed E-state index contributed by atoms with van der Waals surface area (Å²) in [5.74, 6) is 1.67. The first-order valence-corrected chi connectivity index (χ1v) is 9.33. The summed E-state index contributed by atoms with van der Waals surface area (Å²) in [6.07, 6.45) is 3.60. The summed E-state index contributed by atoms with van der Waals surface area (Å²) >= 11 is 1.44. The summed E-state index contributed by atoms with van der Waals surface area (Å²) in [7, 11) is 1.80. The molecule has 0 amide bonds. The zero-order valence-electron chi connectivity index (χ0n) is 14.2. The van der Waals surface area contributed by atoms with Crippen molar-refractivity contribution in [1.29, 1.82) is 0 Å². The van der Waals surface area contributed by atoms with Crippen molar-refractivity contribution in [3.8, 4) is 0 Å². The molecule has 1 aliphatic rings. The summed E-state index contributed by atoms with van der Waals surface area (Å²) in [5, 5.41) is 6.53. The number of fused-ring (bicyclic) bond motifs is 2. The van der Waals surface area contributed by atoms with Gasteiger partial charge in [0, 0.05) is 45.6 Å². The molecule has 1 aliphatic heterocycles. The molecule has 8 nitrogen and oxygen atoms in total. The van der Waals surface area contributed by atoms with Crippen LogP contribution < -0.4 is 15.4 Å². The van der Waals surface area contributed by atoms with E-state index in [0.29, 0.717) is 4.70 Å². The molecule has 5 rings (SSSR count). The van der Waals surface area contributed by atoms with Crippen molar-refractivity contribution in [3.63, 3.8) is 0 Å². The minimum atomic E-state index is 0.0228. The maximum absolute atomic E-state index is 12.5. The molecule has 26 heavy (non-hydrogen) atoms. The van der Waals surface area contributed by atoms with Crippen molar-refractivity contribution >= 4 is 39.0 Å². The van der Waals surface area contributed by atoms with Gasteiger partial charge in [-0.1, -0.05) is 0 Å². The zero-order chi connectivity index (χ0) is 17.7. The quantitative estimate of drug-likeness (QED) is 0.533. The SMILES string of the molecule is Cn1c(N2CCN(c3ccc4nccn4n3)CC2)nc2ccsc2c1=O. The number of imidazole rings is 1. The molecule has 0 radical (unpaired) electrons. The Balaban J connectivity index is 1.40. The third-order valence-electron chi connectivity index (χ3n) is 4.79. The highest BCUT2D eigenvalue weighted by Crippen LogP contribution is 2.21. The third-order valence-corrected chi connectivity index (χ3v) is 5.68. The van der Waals surface area contributed by atoms with Crippen molar-refractivity contribution in [2.24, 2.45) is 7.05 Å². The Bertz CT molecular complexity index is 1150. The van der Waals surface area contributed by atoms with Crippen LogP contribution in [0.1, 0.15) is 0 Å². The molecule has 0 aromatic carbocycles. The highest BCUT2D eigenvalue weighted by Gasteiger charge is 2.22. The molecule has 0 unspecified atom stereocenters. The lowest BCUT2D eigenvalue weighted by molar-refractivity contribution is 0.615. The van der Waals surface area contributed by atoms with Gasteiger partial charge in [0.15, 0.2) is 5.65 Å². The first-order valence-electron chi connectivity index (χ1n) is 8.45. The van der Waals surface area contributed by atoms with Crippen LogP contribution in [0.5, 0.6) is 0 Å². The summed E-state index contributed by atoms with van der Waals surface area (Å²) in [4.78, 5) is 25.9. The Kier molecular flexibility index (Phi) is 3.42. The standard InChI is InChI=1S/C17H17N7OS/c1-21-16(25)15-12(4-11-26-15)19-17(21)23-9-7-22(8-10-23)14-3-2-13-18-5-6-24(13)20-14/h2-6,11H,7-10H2,1H3. The average Bonchev–Trinajstić information content (AvgIpc) is 3.33. The smallest absolute Gasteiger partial charge is 0.272 e. The number of hydrogen-bond donors (Lipinski definition) is 0. The third kappa shape index (κ3) is 2.35. The highest BCUT2D eigenvalue weighted by atomic mass is 32.1. The van der Waals surface area contributed by atoms with Crippen LogP contribution in [0.2, 0.25) is 0 Å². The topological polar surface area (TPSA) is 71.6 Å². The van der Waals surface area contributed by atoms with Gasteiger partial charge in [-0.25, -0.2) is 14.5 Å². The number of aromatic nitrogens is 5. The predicted octanol–water partition coefficient (Wildman–Crippen LogP) is 1.36. The van der Waals surface area contributed by atoms with E-state index in [1.165, 1.54) is 11.3 Å². The van der Waals surface area contributed by atoms with E-state index < -0.39 is 0 Å². The Morgan fingerprint density at radius 3 is 2.73 bits per heavy atom. The van der Waals surface area contributed by atoms with Gasteiger partial charge in [-0.3, -0.25) is 9.36 Å². The van der Waals surface area contributed by atoms with E-state index in [1.54, 1.807) is 22.3 Å². The van der Waals surface area contributed by atoms with Crippen LogP contribution in [0.15, 0.2) is 40.8 Å². The van der Waals surface area contributed by atoms with Crippen LogP contribution in [0, 0.1) is 0 Å². The van der Waals surface area contributed by atoms with Gasteiger partial charge >= 0.3 is 0 Å². The van der Waals surface area contributed by atoms with Crippen molar-refractivity contribution in [3.05, 3.63) is 46.3 Å². The highest BCUT2D eigenvalue weighted by molar-refractivity contribution is 7.17. The Morgan fingerprint density at radius 1 is 1.08 bits per heavy atom. The molecule has 132 valence electrons. The number of anilines is 2. The van der Waals surface area contributed by atoms with Gasteiger partial charge in [0.25, 0.3) is 5.56 Å². The summed E-state index contributed by atoms with van der Waals surface area (Å²) in [5.41, 5.74) is 1.65. The summed E-state index contributed by atoms with van der Waals surface area (Å²) in [6.45, 7) is 3.23. The van der Waals surface area contributed by atoms with Crippen LogP contribution in [-0.2, 0) is 7.05 Å². The second-order valence-corrected chi connectivity index (χ2v) is 7.22. The zero-order valence-corrected chi connectivity index (χ0v) is 15.1. The lowest BCUT2D eigenvalue weighted by Gasteiger charge is -2.36. The van der Waals surface area contributed by atoms with Gasteiger partial charge in [-0.15, -0.1) is 16.4 Å². The molecule has 9 heteroatoms. The molecular formula is C17H17N7OS. The molecule has 0 aliphatic carbocycles. The fourth-order valence-corrected chi connectivity index (χ4v) is 4.17. The fraction of sp³-hybridized carbons (Fsp3) is 0.294. The minimum Gasteiger partial charge on any atom is -0.352 e. The number of rotatable bonds is 2. The number of piperazine rings is 1. The van der Waals surface area contributed by atoms with Gasteiger partial charge in [-0.2, -0.15) is 0 Å². The number of thiophene rings is 1. The molecule has 5 heterocycles. The van der Waals surface area contributed by atoms with Crippen molar-refractivity contribution < 1.29 is 0 Å². The van der Waals surface area contributed by atoms with E-state index in [9.17, 15) is 4.79 Å². The molecule has 0 atom stereocenters. The van der Waals surface area contributed by atoms with Crippen molar-refractivity contribution in [1.82, 2.24) is 24.1 Å². The van der Waals surface area contributed by atoms with Crippen LogP contribution in [-0.4, -0.2) is 50.3 Å². The van der Waals surface area contributed by atoms with Crippen LogP contribution in [0.3, 0.4) is 0 Å². The van der Waals surface area contributed by atoms with E-state index in [-0.39, 0.29) is 5.56 Å². The Morgan fingerprint density at radius 2 is 1.88 bits per heavy atom. The van der Waals surface area contributed by atoms with E-state index in [1.807, 2.05) is 29.8 Å². The first kappa shape index (κ1) is 15.3. The van der Waals surface area contributed by atoms with Gasteiger partial charge in [0.05, 0.1) is 5.52 Å². The molecule has 1 fully saturated rings. The molecule has 4 aromatic heterocycles. The normalized spacial score (nSPS) is 15.3. The van der Waals surface area contributed by atoms with Crippen molar-refractivity contribution in [2.75, 3.05) is 36.0 Å². The summed E-state index contributed by atoms with van der Waals surface area (Å²) in [6, 6.07) is 5.89. The first-order chi connectivity index (χ1) is 12.7.